The molecule has 1 heterocycles. The topological polar surface area (TPSA) is 66.9 Å². The molecule has 6 nitrogen and oxygen atoms in total. The Morgan fingerprint density at radius 3 is 2.14 bits per heavy atom. The fourth-order valence-corrected chi connectivity index (χ4v) is 3.83. The largest absolute Gasteiger partial charge is 0.494 e. The lowest BCUT2D eigenvalue weighted by molar-refractivity contribution is -0.137. The molecule has 0 saturated heterocycles. The van der Waals surface area contributed by atoms with Crippen molar-refractivity contribution >= 4 is 23.4 Å². The summed E-state index contributed by atoms with van der Waals surface area (Å²) in [6.45, 7) is 2.40. The number of carbonyl (C=O) groups is 3. The van der Waals surface area contributed by atoms with Crippen LogP contribution < -0.4 is 9.64 Å². The van der Waals surface area contributed by atoms with Gasteiger partial charge in [0.15, 0.2) is 0 Å². The number of rotatable bonds is 6. The first kappa shape index (κ1) is 24.0. The second-order valence-electron chi connectivity index (χ2n) is 7.99. The van der Waals surface area contributed by atoms with Gasteiger partial charge in [0.2, 0.25) is 0 Å². The number of hydrogen-bond donors (Lipinski definition) is 0. The summed E-state index contributed by atoms with van der Waals surface area (Å²) in [7, 11) is 1.51. The van der Waals surface area contributed by atoms with Gasteiger partial charge in [0.25, 0.3) is 17.7 Å². The molecule has 0 N–H and O–H groups in total. The molecule has 0 aliphatic carbocycles. The summed E-state index contributed by atoms with van der Waals surface area (Å²) in [4.78, 5) is 41.2. The van der Waals surface area contributed by atoms with Crippen LogP contribution in [0.3, 0.4) is 0 Å². The van der Waals surface area contributed by atoms with Gasteiger partial charge in [0, 0.05) is 19.2 Å². The van der Waals surface area contributed by atoms with Gasteiger partial charge in [-0.25, -0.2) is 4.90 Å². The maximum Gasteiger partial charge on any atom is 0.416 e. The molecule has 3 amide bonds. The van der Waals surface area contributed by atoms with E-state index in [4.69, 9.17) is 4.74 Å². The summed E-state index contributed by atoms with van der Waals surface area (Å²) < 4.78 is 43.7. The predicted octanol–water partition coefficient (Wildman–Crippen LogP) is 5.18. The smallest absolute Gasteiger partial charge is 0.416 e. The highest BCUT2D eigenvalue weighted by Crippen LogP contribution is 2.31. The predicted molar refractivity (Wildman–Crippen MR) is 122 cm³/mol. The Labute approximate surface area is 199 Å². The zero-order valence-corrected chi connectivity index (χ0v) is 18.9. The number of benzene rings is 3. The van der Waals surface area contributed by atoms with E-state index in [-0.39, 0.29) is 23.2 Å². The van der Waals surface area contributed by atoms with E-state index < -0.39 is 29.5 Å². The quantitative estimate of drug-likeness (QED) is 0.455. The zero-order chi connectivity index (χ0) is 25.3. The first-order chi connectivity index (χ1) is 16.6. The number of imide groups is 1. The summed E-state index contributed by atoms with van der Waals surface area (Å²) in [6.07, 6.45) is -4.44. The van der Waals surface area contributed by atoms with Crippen LogP contribution in [-0.4, -0.2) is 36.3 Å². The molecular weight excluding hydrogens is 461 g/mol. The Kier molecular flexibility index (Phi) is 6.34. The van der Waals surface area contributed by atoms with Crippen LogP contribution in [0.2, 0.25) is 0 Å². The van der Waals surface area contributed by atoms with Crippen LogP contribution in [0.1, 0.15) is 49.1 Å². The second-order valence-corrected chi connectivity index (χ2v) is 7.99. The minimum absolute atomic E-state index is 0.0687. The van der Waals surface area contributed by atoms with Gasteiger partial charge in [0.1, 0.15) is 5.75 Å². The summed E-state index contributed by atoms with van der Waals surface area (Å²) in [5, 5.41) is 0. The van der Waals surface area contributed by atoms with Crippen molar-refractivity contribution in [1.29, 1.82) is 0 Å². The van der Waals surface area contributed by atoms with Crippen LogP contribution in [0.25, 0.3) is 0 Å². The lowest BCUT2D eigenvalue weighted by atomic mass is 10.0. The fraction of sp³-hybridized carbons (Fsp3) is 0.192. The first-order valence-corrected chi connectivity index (χ1v) is 10.8. The molecule has 1 aliphatic heterocycles. The molecule has 0 fully saturated rings. The molecule has 0 aromatic heterocycles. The number of anilines is 1. The fourth-order valence-electron chi connectivity index (χ4n) is 3.83. The summed E-state index contributed by atoms with van der Waals surface area (Å²) in [5.41, 5.74) is 0.611. The van der Waals surface area contributed by atoms with Crippen molar-refractivity contribution < 1.29 is 32.3 Å². The summed E-state index contributed by atoms with van der Waals surface area (Å²) >= 11 is 0. The van der Waals surface area contributed by atoms with Crippen molar-refractivity contribution in [1.82, 2.24) is 4.90 Å². The third kappa shape index (κ3) is 4.75. The highest BCUT2D eigenvalue weighted by molar-refractivity contribution is 6.34. The number of alkyl halides is 3. The molecule has 0 radical (unpaired) electrons. The van der Waals surface area contributed by atoms with Gasteiger partial charge in [-0.1, -0.05) is 12.1 Å². The maximum absolute atomic E-state index is 13.0. The standard InChI is InChI=1S/C26H21F3N2O4/c1-3-35-20-11-9-19(10-12-20)31-24(33)21-13-6-17(14-22(21)25(31)34)23(32)30(2)15-16-4-7-18(8-5-16)26(27,28)29/h4-14H,3,15H2,1-2H3. The van der Waals surface area contributed by atoms with Gasteiger partial charge < -0.3 is 9.64 Å². The van der Waals surface area contributed by atoms with Gasteiger partial charge in [-0.15, -0.1) is 0 Å². The zero-order valence-electron chi connectivity index (χ0n) is 18.9. The lowest BCUT2D eigenvalue weighted by Crippen LogP contribution is -2.29. The summed E-state index contributed by atoms with van der Waals surface area (Å²) in [5.74, 6) is -0.871. The molecular formula is C26H21F3N2O4. The Morgan fingerprint density at radius 1 is 0.914 bits per heavy atom. The molecule has 9 heteroatoms. The van der Waals surface area contributed by atoms with Gasteiger partial charge in [-0.2, -0.15) is 13.2 Å². The normalized spacial score (nSPS) is 13.1. The molecule has 0 unspecified atom stereocenters. The Balaban J connectivity index is 1.51. The Morgan fingerprint density at radius 2 is 1.54 bits per heavy atom. The lowest BCUT2D eigenvalue weighted by Gasteiger charge is -2.18. The number of ether oxygens (including phenoxy) is 1. The molecule has 35 heavy (non-hydrogen) atoms. The monoisotopic (exact) mass is 482 g/mol. The van der Waals surface area contributed by atoms with Crippen LogP contribution >= 0.6 is 0 Å². The van der Waals surface area contributed by atoms with Crippen molar-refractivity contribution in [2.45, 2.75) is 19.6 Å². The van der Waals surface area contributed by atoms with Gasteiger partial charge in [-0.3, -0.25) is 14.4 Å². The van der Waals surface area contributed by atoms with E-state index >= 15 is 0 Å². The van der Waals surface area contributed by atoms with E-state index in [0.717, 1.165) is 17.0 Å². The Bertz CT molecular complexity index is 1290. The van der Waals surface area contributed by atoms with Crippen LogP contribution in [0, 0.1) is 0 Å². The average Bonchev–Trinajstić information content (AvgIpc) is 3.08. The number of hydrogen-bond acceptors (Lipinski definition) is 4. The highest BCUT2D eigenvalue weighted by Gasteiger charge is 2.37. The second kappa shape index (κ2) is 9.25. The number of nitrogens with zero attached hydrogens (tertiary/aromatic N) is 2. The van der Waals surface area contributed by atoms with Gasteiger partial charge >= 0.3 is 6.18 Å². The van der Waals surface area contributed by atoms with E-state index in [1.54, 1.807) is 24.3 Å². The SMILES string of the molecule is CCOc1ccc(N2C(=O)c3ccc(C(=O)N(C)Cc4ccc(C(F)(F)F)cc4)cc3C2=O)cc1. The molecule has 3 aromatic carbocycles. The average molecular weight is 482 g/mol. The van der Waals surface area contributed by atoms with Crippen molar-refractivity contribution in [2.24, 2.45) is 0 Å². The van der Waals surface area contributed by atoms with Gasteiger partial charge in [-0.05, 0) is 67.1 Å². The van der Waals surface area contributed by atoms with Crippen LogP contribution in [0.4, 0.5) is 18.9 Å². The van der Waals surface area contributed by atoms with E-state index in [0.29, 0.717) is 23.6 Å². The number of fused-ring (bicyclic) bond motifs is 1. The number of amides is 3. The highest BCUT2D eigenvalue weighted by atomic mass is 19.4. The first-order valence-electron chi connectivity index (χ1n) is 10.8. The van der Waals surface area contributed by atoms with E-state index in [9.17, 15) is 27.6 Å². The van der Waals surface area contributed by atoms with Crippen molar-refractivity contribution in [3.05, 3.63) is 94.5 Å². The van der Waals surface area contributed by atoms with Gasteiger partial charge in [0.05, 0.1) is 29.0 Å². The minimum atomic E-state index is -4.44. The number of carbonyl (C=O) groups excluding carboxylic acids is 3. The maximum atomic E-state index is 13.0. The van der Waals surface area contributed by atoms with Crippen molar-refractivity contribution in [3.8, 4) is 5.75 Å². The van der Waals surface area contributed by atoms with Crippen LogP contribution in [0.5, 0.6) is 5.75 Å². The van der Waals surface area contributed by atoms with Crippen molar-refractivity contribution in [3.63, 3.8) is 0 Å². The third-order valence-corrected chi connectivity index (χ3v) is 5.59. The third-order valence-electron chi connectivity index (χ3n) is 5.59. The van der Waals surface area contributed by atoms with Crippen molar-refractivity contribution in [2.75, 3.05) is 18.6 Å². The minimum Gasteiger partial charge on any atom is -0.494 e. The molecule has 0 saturated carbocycles. The molecule has 3 aromatic rings. The Hall–Kier alpha value is -4.14. The molecule has 0 spiro atoms. The van der Waals surface area contributed by atoms with E-state index in [1.807, 2.05) is 6.92 Å². The molecule has 1 aliphatic rings. The van der Waals surface area contributed by atoms with Crippen LogP contribution in [0.15, 0.2) is 66.7 Å². The molecule has 0 atom stereocenters. The van der Waals surface area contributed by atoms with E-state index in [1.165, 1.54) is 42.3 Å². The summed E-state index contributed by atoms with van der Waals surface area (Å²) in [6, 6.07) is 15.3. The van der Waals surface area contributed by atoms with E-state index in [2.05, 4.69) is 0 Å². The molecule has 180 valence electrons. The molecule has 4 rings (SSSR count). The van der Waals surface area contributed by atoms with Crippen LogP contribution in [-0.2, 0) is 12.7 Å². The molecule has 0 bridgehead atoms. The number of halogens is 3.